The van der Waals surface area contributed by atoms with Crippen LogP contribution in [0.3, 0.4) is 0 Å². The summed E-state index contributed by atoms with van der Waals surface area (Å²) in [4.78, 5) is 11.1. The van der Waals surface area contributed by atoms with Gasteiger partial charge in [-0.25, -0.2) is 4.39 Å². The highest BCUT2D eigenvalue weighted by Gasteiger charge is 2.65. The summed E-state index contributed by atoms with van der Waals surface area (Å²) in [5, 5.41) is 0.104. The molecule has 0 unspecified atom stereocenters. The first-order chi connectivity index (χ1) is 9.47. The fourth-order valence-corrected chi connectivity index (χ4v) is 3.69. The molecule has 0 aromatic carbocycles. The molecule has 4 nitrogen and oxygen atoms in total. The van der Waals surface area contributed by atoms with Gasteiger partial charge in [0.05, 0.1) is 12.7 Å². The molecule has 2 fully saturated rings. The van der Waals surface area contributed by atoms with Crippen molar-refractivity contribution in [2.75, 3.05) is 6.61 Å². The predicted octanol–water partition coefficient (Wildman–Crippen LogP) is 3.41. The van der Waals surface area contributed by atoms with Crippen LogP contribution in [0.4, 0.5) is 4.39 Å². The number of hydrogen-bond acceptors (Lipinski definition) is 4. The monoisotopic (exact) mass is 318 g/mol. The lowest BCUT2D eigenvalue weighted by Crippen LogP contribution is -2.50. The predicted molar refractivity (Wildman–Crippen MR) is 80.1 cm³/mol. The number of rotatable bonds is 4. The zero-order chi connectivity index (χ0) is 16.1. The minimum absolute atomic E-state index is 0.104. The van der Waals surface area contributed by atoms with E-state index in [1.165, 1.54) is 6.92 Å². The topological polar surface area (TPSA) is 44.8 Å². The van der Waals surface area contributed by atoms with Gasteiger partial charge in [-0.3, -0.25) is 4.79 Å². The number of esters is 1. The van der Waals surface area contributed by atoms with Crippen LogP contribution in [-0.4, -0.2) is 39.0 Å². The van der Waals surface area contributed by atoms with E-state index in [0.29, 0.717) is 13.0 Å². The lowest BCUT2D eigenvalue weighted by Gasteiger charge is -2.41. The fourth-order valence-electron chi connectivity index (χ4n) is 2.68. The Kier molecular flexibility index (Phi) is 4.28. The minimum Gasteiger partial charge on any atom is -0.432 e. The molecule has 4 atom stereocenters. The lowest BCUT2D eigenvalue weighted by atomic mass is 9.70. The van der Waals surface area contributed by atoms with Gasteiger partial charge in [0.25, 0.3) is 0 Å². The van der Waals surface area contributed by atoms with Crippen LogP contribution >= 0.6 is 0 Å². The van der Waals surface area contributed by atoms with Gasteiger partial charge in [-0.15, -0.1) is 0 Å². The van der Waals surface area contributed by atoms with Gasteiger partial charge < -0.3 is 13.9 Å². The van der Waals surface area contributed by atoms with Crippen molar-refractivity contribution in [3.05, 3.63) is 0 Å². The van der Waals surface area contributed by atoms with Gasteiger partial charge in [0.15, 0.2) is 14.0 Å². The molecule has 0 amide bonds. The van der Waals surface area contributed by atoms with Crippen molar-refractivity contribution < 1.29 is 23.1 Å². The van der Waals surface area contributed by atoms with Crippen molar-refractivity contribution >= 4 is 14.3 Å². The van der Waals surface area contributed by atoms with E-state index in [0.717, 1.165) is 6.42 Å². The Balaban J connectivity index is 1.98. The second-order valence-corrected chi connectivity index (χ2v) is 12.6. The second kappa shape index (κ2) is 5.32. The third-order valence-corrected chi connectivity index (χ3v) is 9.78. The maximum atomic E-state index is 14.8. The maximum Gasteiger partial charge on any atom is 0.305 e. The summed E-state index contributed by atoms with van der Waals surface area (Å²) in [5.74, 6) is -0.722. The number of hydrogen-bond donors (Lipinski definition) is 0. The number of ether oxygens (including phenoxy) is 2. The highest BCUT2D eigenvalue weighted by atomic mass is 28.4. The van der Waals surface area contributed by atoms with Gasteiger partial charge in [-0.1, -0.05) is 20.8 Å². The van der Waals surface area contributed by atoms with E-state index in [4.69, 9.17) is 13.9 Å². The summed E-state index contributed by atoms with van der Waals surface area (Å²) in [6.07, 6.45) is -0.226. The van der Waals surface area contributed by atoms with Crippen LogP contribution in [0, 0.1) is 5.92 Å². The zero-order valence-electron chi connectivity index (χ0n) is 13.9. The average Bonchev–Trinajstić information content (AvgIpc) is 2.46. The van der Waals surface area contributed by atoms with Crippen LogP contribution < -0.4 is 0 Å². The van der Waals surface area contributed by atoms with E-state index in [1.54, 1.807) is 0 Å². The van der Waals surface area contributed by atoms with E-state index in [2.05, 4.69) is 33.9 Å². The van der Waals surface area contributed by atoms with Gasteiger partial charge in [0.1, 0.15) is 0 Å². The number of carbonyl (C=O) groups is 1. The molecule has 2 aliphatic rings. The Morgan fingerprint density at radius 3 is 2.48 bits per heavy atom. The number of halogens is 1. The van der Waals surface area contributed by atoms with E-state index in [-0.39, 0.29) is 17.1 Å². The second-order valence-electron chi connectivity index (χ2n) is 7.76. The molecular formula is C15H27FO4Si. The van der Waals surface area contributed by atoms with Crippen molar-refractivity contribution in [3.63, 3.8) is 0 Å². The van der Waals surface area contributed by atoms with Crippen LogP contribution in [0.2, 0.25) is 18.1 Å². The summed E-state index contributed by atoms with van der Waals surface area (Å²) >= 11 is 0. The molecule has 1 saturated heterocycles. The van der Waals surface area contributed by atoms with E-state index in [1.807, 2.05) is 0 Å². The third-order valence-electron chi connectivity index (χ3n) is 5.28. The largest absolute Gasteiger partial charge is 0.432 e. The molecule has 1 aliphatic carbocycles. The van der Waals surface area contributed by atoms with Crippen LogP contribution in [0.1, 0.15) is 40.5 Å². The van der Waals surface area contributed by atoms with Crippen LogP contribution in [-0.2, 0) is 18.7 Å². The van der Waals surface area contributed by atoms with Gasteiger partial charge in [0, 0.05) is 12.8 Å². The molecule has 0 spiro atoms. The van der Waals surface area contributed by atoms with Crippen LogP contribution in [0.25, 0.3) is 0 Å². The Bertz CT molecular complexity index is 420. The fraction of sp³-hybridized carbons (Fsp3) is 0.933. The summed E-state index contributed by atoms with van der Waals surface area (Å²) in [6, 6.07) is 0. The Hall–Kier alpha value is -0.463. The van der Waals surface area contributed by atoms with Crippen molar-refractivity contribution in [2.24, 2.45) is 5.92 Å². The molecule has 0 bridgehead atoms. The molecular weight excluding hydrogens is 291 g/mol. The van der Waals surface area contributed by atoms with Gasteiger partial charge >= 0.3 is 5.97 Å². The molecule has 1 heterocycles. The van der Waals surface area contributed by atoms with Crippen molar-refractivity contribution in [3.8, 4) is 0 Å². The molecule has 2 rings (SSSR count). The zero-order valence-corrected chi connectivity index (χ0v) is 14.9. The summed E-state index contributed by atoms with van der Waals surface area (Å²) in [5.41, 5.74) is -1.52. The van der Waals surface area contributed by atoms with E-state index >= 15 is 0 Å². The lowest BCUT2D eigenvalue weighted by molar-refractivity contribution is -0.199. The third kappa shape index (κ3) is 3.03. The SMILES string of the molecule is CC(=O)O[C@H]1O[C@H](CO[Si](C)(C)C(C)(C)C)[C@H]2CC[C@@]12F. The standard InChI is InChI=1S/C15H27FO4Si/c1-10(17)19-13-15(16)8-7-11(15)12(20-13)9-18-21(5,6)14(2,3)4/h11-13H,7-9H2,1-6H3/t11-,12-,13+,15+/m1/s1. The van der Waals surface area contributed by atoms with Crippen LogP contribution in [0.15, 0.2) is 0 Å². The maximum absolute atomic E-state index is 14.8. The Morgan fingerprint density at radius 2 is 2.05 bits per heavy atom. The first-order valence-corrected chi connectivity index (χ1v) is 10.5. The van der Waals surface area contributed by atoms with Gasteiger partial charge in [-0.2, -0.15) is 0 Å². The normalized spacial score (nSPS) is 36.0. The van der Waals surface area contributed by atoms with Crippen LogP contribution in [0.5, 0.6) is 0 Å². The molecule has 21 heavy (non-hydrogen) atoms. The number of fused-ring (bicyclic) bond motifs is 1. The molecule has 0 N–H and O–H groups in total. The highest BCUT2D eigenvalue weighted by Crippen LogP contribution is 2.54. The molecule has 1 saturated carbocycles. The van der Waals surface area contributed by atoms with E-state index in [9.17, 15) is 9.18 Å². The average molecular weight is 318 g/mol. The van der Waals surface area contributed by atoms with Gasteiger partial charge in [0.2, 0.25) is 6.29 Å². The highest BCUT2D eigenvalue weighted by molar-refractivity contribution is 6.74. The number of alkyl halides is 1. The Labute approximate surface area is 127 Å². The molecule has 122 valence electrons. The Morgan fingerprint density at radius 1 is 1.43 bits per heavy atom. The van der Waals surface area contributed by atoms with E-state index < -0.39 is 26.2 Å². The summed E-state index contributed by atoms with van der Waals surface area (Å²) in [7, 11) is -1.89. The molecule has 6 heteroatoms. The summed E-state index contributed by atoms with van der Waals surface area (Å²) in [6.45, 7) is 12.5. The van der Waals surface area contributed by atoms with Gasteiger partial charge in [-0.05, 0) is 31.0 Å². The molecule has 0 aromatic heterocycles. The smallest absolute Gasteiger partial charge is 0.305 e. The van der Waals surface area contributed by atoms with Crippen molar-refractivity contribution in [2.45, 2.75) is 76.7 Å². The van der Waals surface area contributed by atoms with Crippen molar-refractivity contribution in [1.82, 2.24) is 0 Å². The summed E-state index contributed by atoms with van der Waals surface area (Å²) < 4.78 is 31.6. The molecule has 0 aromatic rings. The molecule has 0 radical (unpaired) electrons. The number of carbonyl (C=O) groups excluding carboxylic acids is 1. The quantitative estimate of drug-likeness (QED) is 0.588. The molecule has 1 aliphatic heterocycles. The van der Waals surface area contributed by atoms with Crippen molar-refractivity contribution in [1.29, 1.82) is 0 Å². The first kappa shape index (κ1) is 16.9. The first-order valence-electron chi connectivity index (χ1n) is 7.63. The minimum atomic E-state index is -1.89.